The number of carbonyl (C=O) groups is 1. The SMILES string of the molecule is O=C(NCc1ccco1)c1cc(S(=O)(=O)Nc2ccccc2F)ccc1Cl. The molecule has 0 fully saturated rings. The van der Waals surface area contributed by atoms with Gasteiger partial charge in [0.15, 0.2) is 0 Å². The van der Waals surface area contributed by atoms with E-state index in [1.807, 2.05) is 0 Å². The third-order valence-electron chi connectivity index (χ3n) is 3.61. The molecule has 2 aromatic carbocycles. The van der Waals surface area contributed by atoms with Crippen molar-refractivity contribution in [1.82, 2.24) is 5.32 Å². The van der Waals surface area contributed by atoms with E-state index in [0.717, 1.165) is 12.1 Å². The molecule has 2 N–H and O–H groups in total. The Morgan fingerprint density at radius 3 is 2.59 bits per heavy atom. The van der Waals surface area contributed by atoms with Crippen molar-refractivity contribution in [2.45, 2.75) is 11.4 Å². The zero-order valence-electron chi connectivity index (χ0n) is 13.8. The van der Waals surface area contributed by atoms with Crippen molar-refractivity contribution in [2.24, 2.45) is 0 Å². The Bertz CT molecular complexity index is 1070. The summed E-state index contributed by atoms with van der Waals surface area (Å²) in [5.41, 5.74) is -0.226. The van der Waals surface area contributed by atoms with Gasteiger partial charge >= 0.3 is 0 Å². The first kappa shape index (κ1) is 18.9. The third-order valence-corrected chi connectivity index (χ3v) is 5.31. The lowest BCUT2D eigenvalue weighted by atomic mass is 10.2. The van der Waals surface area contributed by atoms with Gasteiger partial charge in [0.05, 0.1) is 34.0 Å². The first-order valence-corrected chi connectivity index (χ1v) is 9.60. The second-order valence-electron chi connectivity index (χ2n) is 5.49. The van der Waals surface area contributed by atoms with E-state index >= 15 is 0 Å². The number of sulfonamides is 1. The Morgan fingerprint density at radius 1 is 1.11 bits per heavy atom. The minimum Gasteiger partial charge on any atom is -0.467 e. The molecule has 0 saturated heterocycles. The fourth-order valence-electron chi connectivity index (χ4n) is 2.27. The zero-order chi connectivity index (χ0) is 19.4. The van der Waals surface area contributed by atoms with Crippen molar-refractivity contribution < 1.29 is 22.0 Å². The normalized spacial score (nSPS) is 11.2. The van der Waals surface area contributed by atoms with Crippen molar-refractivity contribution >= 4 is 33.2 Å². The van der Waals surface area contributed by atoms with E-state index in [1.165, 1.54) is 36.6 Å². The molecule has 1 amide bonds. The zero-order valence-corrected chi connectivity index (χ0v) is 15.4. The van der Waals surface area contributed by atoms with Gasteiger partial charge in [0, 0.05) is 0 Å². The quantitative estimate of drug-likeness (QED) is 0.649. The maximum absolute atomic E-state index is 13.7. The average molecular weight is 409 g/mol. The summed E-state index contributed by atoms with van der Waals surface area (Å²) < 4.78 is 46.0. The van der Waals surface area contributed by atoms with Crippen LogP contribution in [-0.4, -0.2) is 14.3 Å². The second kappa shape index (κ2) is 7.81. The van der Waals surface area contributed by atoms with Gasteiger partial charge in [-0.25, -0.2) is 12.8 Å². The van der Waals surface area contributed by atoms with E-state index in [0.29, 0.717) is 5.76 Å². The average Bonchev–Trinajstić information content (AvgIpc) is 3.15. The minimum atomic E-state index is -4.11. The number of furan rings is 1. The van der Waals surface area contributed by atoms with E-state index in [2.05, 4.69) is 10.0 Å². The summed E-state index contributed by atoms with van der Waals surface area (Å²) in [6, 6.07) is 12.4. The lowest BCUT2D eigenvalue weighted by Crippen LogP contribution is -2.23. The van der Waals surface area contributed by atoms with Crippen LogP contribution in [0.1, 0.15) is 16.1 Å². The monoisotopic (exact) mass is 408 g/mol. The first-order valence-electron chi connectivity index (χ1n) is 7.74. The fourth-order valence-corrected chi connectivity index (χ4v) is 3.57. The van der Waals surface area contributed by atoms with E-state index in [1.54, 1.807) is 12.1 Å². The number of carbonyl (C=O) groups excluding carboxylic acids is 1. The van der Waals surface area contributed by atoms with Gasteiger partial charge in [-0.2, -0.15) is 0 Å². The first-order chi connectivity index (χ1) is 12.9. The van der Waals surface area contributed by atoms with E-state index in [-0.39, 0.29) is 27.7 Å². The highest BCUT2D eigenvalue weighted by Crippen LogP contribution is 2.23. The molecule has 0 aliphatic rings. The Morgan fingerprint density at radius 2 is 1.89 bits per heavy atom. The van der Waals surface area contributed by atoms with Crippen LogP contribution in [0.2, 0.25) is 5.02 Å². The van der Waals surface area contributed by atoms with Gasteiger partial charge in [-0.3, -0.25) is 9.52 Å². The van der Waals surface area contributed by atoms with Crippen molar-refractivity contribution in [3.05, 3.63) is 83.0 Å². The molecule has 27 heavy (non-hydrogen) atoms. The van der Waals surface area contributed by atoms with E-state index in [4.69, 9.17) is 16.0 Å². The van der Waals surface area contributed by atoms with Crippen LogP contribution >= 0.6 is 11.6 Å². The molecule has 0 saturated carbocycles. The largest absolute Gasteiger partial charge is 0.467 e. The minimum absolute atomic E-state index is 0.0281. The molecule has 140 valence electrons. The molecule has 0 bridgehead atoms. The lowest BCUT2D eigenvalue weighted by molar-refractivity contribution is 0.0948. The third kappa shape index (κ3) is 4.47. The van der Waals surface area contributed by atoms with E-state index < -0.39 is 21.7 Å². The number of hydrogen-bond acceptors (Lipinski definition) is 4. The summed E-state index contributed by atoms with van der Waals surface area (Å²) in [5.74, 6) is -0.754. The van der Waals surface area contributed by atoms with Gasteiger partial charge in [0.1, 0.15) is 11.6 Å². The van der Waals surface area contributed by atoms with Gasteiger partial charge < -0.3 is 9.73 Å². The van der Waals surface area contributed by atoms with Crippen LogP contribution in [0, 0.1) is 5.82 Å². The summed E-state index contributed by atoms with van der Waals surface area (Å²) >= 11 is 6.03. The number of anilines is 1. The molecular formula is C18H14ClFN2O4S. The molecule has 0 aliphatic carbocycles. The topological polar surface area (TPSA) is 88.4 Å². The molecule has 0 aliphatic heterocycles. The van der Waals surface area contributed by atoms with Crippen LogP contribution in [0.3, 0.4) is 0 Å². The summed E-state index contributed by atoms with van der Waals surface area (Å²) in [4.78, 5) is 12.1. The fraction of sp³-hybridized carbons (Fsp3) is 0.0556. The van der Waals surface area contributed by atoms with Crippen LogP contribution in [0.5, 0.6) is 0 Å². The van der Waals surface area contributed by atoms with Crippen LogP contribution in [-0.2, 0) is 16.6 Å². The smallest absolute Gasteiger partial charge is 0.262 e. The predicted octanol–water partition coefficient (Wildman–Crippen LogP) is 3.80. The number of para-hydroxylation sites is 1. The van der Waals surface area contributed by atoms with Crippen molar-refractivity contribution in [3.8, 4) is 0 Å². The summed E-state index contributed by atoms with van der Waals surface area (Å²) in [5, 5.41) is 2.67. The van der Waals surface area contributed by atoms with Crippen molar-refractivity contribution in [2.75, 3.05) is 4.72 Å². The number of amides is 1. The molecule has 6 nitrogen and oxygen atoms in total. The molecule has 0 radical (unpaired) electrons. The molecule has 0 atom stereocenters. The Labute approximate surface area is 160 Å². The molecule has 1 aromatic heterocycles. The second-order valence-corrected chi connectivity index (χ2v) is 7.58. The predicted molar refractivity (Wildman–Crippen MR) is 98.5 cm³/mol. The maximum atomic E-state index is 13.7. The number of rotatable bonds is 6. The molecule has 9 heteroatoms. The van der Waals surface area contributed by atoms with Gasteiger partial charge in [-0.1, -0.05) is 23.7 Å². The number of halogens is 2. The van der Waals surface area contributed by atoms with Crippen LogP contribution in [0.15, 0.2) is 70.2 Å². The Hall–Kier alpha value is -2.84. The highest BCUT2D eigenvalue weighted by molar-refractivity contribution is 7.92. The van der Waals surface area contributed by atoms with Crippen LogP contribution < -0.4 is 10.0 Å². The maximum Gasteiger partial charge on any atom is 0.262 e. The number of nitrogens with one attached hydrogen (secondary N) is 2. The van der Waals surface area contributed by atoms with Crippen LogP contribution in [0.4, 0.5) is 10.1 Å². The number of benzene rings is 2. The van der Waals surface area contributed by atoms with Gasteiger partial charge in [0.2, 0.25) is 0 Å². The van der Waals surface area contributed by atoms with Gasteiger partial charge in [-0.15, -0.1) is 0 Å². The summed E-state index contributed by atoms with van der Waals surface area (Å²) in [7, 11) is -4.11. The standard InChI is InChI=1S/C18H14ClFN2O4S/c19-15-8-7-13(27(24,25)22-17-6-2-1-5-16(17)20)10-14(15)18(23)21-11-12-4-3-9-26-12/h1-10,22H,11H2,(H,21,23). The van der Waals surface area contributed by atoms with Crippen LogP contribution in [0.25, 0.3) is 0 Å². The van der Waals surface area contributed by atoms with E-state index in [9.17, 15) is 17.6 Å². The number of hydrogen-bond donors (Lipinski definition) is 2. The summed E-state index contributed by atoms with van der Waals surface area (Å²) in [6.07, 6.45) is 1.47. The molecule has 1 heterocycles. The molecule has 3 rings (SSSR count). The van der Waals surface area contributed by atoms with Crippen molar-refractivity contribution in [1.29, 1.82) is 0 Å². The van der Waals surface area contributed by atoms with Gasteiger partial charge in [-0.05, 0) is 42.5 Å². The highest BCUT2D eigenvalue weighted by atomic mass is 35.5. The highest BCUT2D eigenvalue weighted by Gasteiger charge is 2.20. The molecule has 0 unspecified atom stereocenters. The van der Waals surface area contributed by atoms with Gasteiger partial charge in [0.25, 0.3) is 15.9 Å². The van der Waals surface area contributed by atoms with Crippen molar-refractivity contribution in [3.63, 3.8) is 0 Å². The molecular weight excluding hydrogens is 395 g/mol. The molecule has 3 aromatic rings. The molecule has 0 spiro atoms. The lowest BCUT2D eigenvalue weighted by Gasteiger charge is -2.11. The summed E-state index contributed by atoms with van der Waals surface area (Å²) in [6.45, 7) is 0.118. The Balaban J connectivity index is 1.83. The Kier molecular flexibility index (Phi) is 5.48.